The average molecular weight is 256 g/mol. The second kappa shape index (κ2) is 4.84. The van der Waals surface area contributed by atoms with E-state index in [4.69, 9.17) is 5.11 Å². The van der Waals surface area contributed by atoms with Crippen LogP contribution in [0.5, 0.6) is 0 Å². The highest BCUT2D eigenvalue weighted by molar-refractivity contribution is 7.17. The molecule has 0 fully saturated rings. The lowest BCUT2D eigenvalue weighted by Gasteiger charge is -2.01. The van der Waals surface area contributed by atoms with Gasteiger partial charge in [-0.2, -0.15) is 0 Å². The van der Waals surface area contributed by atoms with Crippen molar-refractivity contribution in [1.82, 2.24) is 9.97 Å². The number of rotatable bonds is 3. The Morgan fingerprint density at radius 2 is 2.06 bits per heavy atom. The summed E-state index contributed by atoms with van der Waals surface area (Å²) in [5.41, 5.74) is 2.06. The molecule has 18 heavy (non-hydrogen) atoms. The Morgan fingerprint density at radius 1 is 1.17 bits per heavy atom. The number of fused-ring (bicyclic) bond motifs is 1. The zero-order valence-corrected chi connectivity index (χ0v) is 10.5. The van der Waals surface area contributed by atoms with Gasteiger partial charge in [-0.1, -0.05) is 18.2 Å². The van der Waals surface area contributed by atoms with Crippen LogP contribution < -0.4 is 0 Å². The Bertz CT molecular complexity index is 678. The van der Waals surface area contributed by atoms with Crippen LogP contribution >= 0.6 is 11.3 Å². The zero-order valence-electron chi connectivity index (χ0n) is 9.71. The van der Waals surface area contributed by atoms with E-state index in [0.717, 1.165) is 11.3 Å². The maximum Gasteiger partial charge on any atom is 0.131 e. The van der Waals surface area contributed by atoms with Gasteiger partial charge in [-0.05, 0) is 12.1 Å². The van der Waals surface area contributed by atoms with Crippen molar-refractivity contribution in [3.63, 3.8) is 0 Å². The van der Waals surface area contributed by atoms with E-state index in [0.29, 0.717) is 12.2 Å². The van der Waals surface area contributed by atoms with E-state index < -0.39 is 0 Å². The third-order valence-corrected chi connectivity index (χ3v) is 3.76. The second-order valence-corrected chi connectivity index (χ2v) is 4.89. The Balaban J connectivity index is 2.11. The fourth-order valence-corrected chi connectivity index (χ4v) is 2.90. The Labute approximate surface area is 109 Å². The number of thiophene rings is 1. The highest BCUT2D eigenvalue weighted by Gasteiger charge is 2.08. The van der Waals surface area contributed by atoms with Crippen LogP contribution in [0, 0.1) is 0 Å². The van der Waals surface area contributed by atoms with Gasteiger partial charge in [0, 0.05) is 33.6 Å². The van der Waals surface area contributed by atoms with Crippen LogP contribution in [-0.2, 0) is 6.42 Å². The molecule has 1 N–H and O–H groups in total. The molecular weight excluding hydrogens is 244 g/mol. The van der Waals surface area contributed by atoms with Gasteiger partial charge in [-0.25, -0.2) is 9.97 Å². The van der Waals surface area contributed by atoms with Crippen LogP contribution in [0.15, 0.2) is 41.9 Å². The SMILES string of the molecule is OCCc1nccc(-c2csc3ccccc23)n1. The summed E-state index contributed by atoms with van der Waals surface area (Å²) in [5, 5.41) is 12.3. The van der Waals surface area contributed by atoms with E-state index in [2.05, 4.69) is 27.5 Å². The van der Waals surface area contributed by atoms with Gasteiger partial charge in [0.25, 0.3) is 0 Å². The molecule has 3 rings (SSSR count). The quantitative estimate of drug-likeness (QED) is 0.783. The standard InChI is InChI=1S/C14H12N2OS/c17-8-6-14-15-7-5-12(16-14)11-9-18-13-4-2-1-3-10(11)13/h1-5,7,9,17H,6,8H2. The molecule has 0 saturated carbocycles. The molecule has 0 bridgehead atoms. The molecule has 0 saturated heterocycles. The molecule has 90 valence electrons. The maximum atomic E-state index is 8.93. The summed E-state index contributed by atoms with van der Waals surface area (Å²) in [6.07, 6.45) is 2.25. The zero-order chi connectivity index (χ0) is 12.4. The number of aliphatic hydroxyl groups excluding tert-OH is 1. The van der Waals surface area contributed by atoms with Gasteiger partial charge in [0.1, 0.15) is 5.82 Å². The fraction of sp³-hybridized carbons (Fsp3) is 0.143. The van der Waals surface area contributed by atoms with Crippen molar-refractivity contribution in [3.8, 4) is 11.3 Å². The van der Waals surface area contributed by atoms with Crippen LogP contribution in [0.3, 0.4) is 0 Å². The highest BCUT2D eigenvalue weighted by Crippen LogP contribution is 2.32. The molecule has 0 radical (unpaired) electrons. The van der Waals surface area contributed by atoms with Gasteiger partial charge in [-0.15, -0.1) is 11.3 Å². The normalized spacial score (nSPS) is 10.9. The Morgan fingerprint density at radius 3 is 2.94 bits per heavy atom. The van der Waals surface area contributed by atoms with E-state index in [1.165, 1.54) is 10.1 Å². The smallest absolute Gasteiger partial charge is 0.131 e. The van der Waals surface area contributed by atoms with E-state index in [1.54, 1.807) is 17.5 Å². The molecule has 0 aliphatic rings. The van der Waals surface area contributed by atoms with Crippen molar-refractivity contribution in [2.24, 2.45) is 0 Å². The molecule has 0 unspecified atom stereocenters. The molecule has 4 heteroatoms. The van der Waals surface area contributed by atoms with Crippen LogP contribution in [0.25, 0.3) is 21.3 Å². The molecule has 0 atom stereocenters. The number of benzene rings is 1. The van der Waals surface area contributed by atoms with E-state index in [1.807, 2.05) is 18.2 Å². The molecule has 3 nitrogen and oxygen atoms in total. The molecule has 0 amide bonds. The summed E-state index contributed by atoms with van der Waals surface area (Å²) in [5.74, 6) is 0.685. The van der Waals surface area contributed by atoms with Crippen LogP contribution in [0.4, 0.5) is 0 Å². The lowest BCUT2D eigenvalue weighted by Crippen LogP contribution is -1.98. The summed E-state index contributed by atoms with van der Waals surface area (Å²) in [7, 11) is 0. The monoisotopic (exact) mass is 256 g/mol. The minimum Gasteiger partial charge on any atom is -0.396 e. The van der Waals surface area contributed by atoms with Crippen molar-refractivity contribution in [3.05, 3.63) is 47.7 Å². The third-order valence-electron chi connectivity index (χ3n) is 2.80. The van der Waals surface area contributed by atoms with E-state index in [9.17, 15) is 0 Å². The van der Waals surface area contributed by atoms with Gasteiger partial charge in [0.05, 0.1) is 12.3 Å². The van der Waals surface area contributed by atoms with Gasteiger partial charge >= 0.3 is 0 Å². The minimum atomic E-state index is 0.0772. The fourth-order valence-electron chi connectivity index (χ4n) is 1.95. The number of aromatic nitrogens is 2. The lowest BCUT2D eigenvalue weighted by atomic mass is 10.1. The summed E-state index contributed by atoms with van der Waals surface area (Å²) in [6.45, 7) is 0.0772. The lowest BCUT2D eigenvalue weighted by molar-refractivity contribution is 0.296. The van der Waals surface area contributed by atoms with Gasteiger partial charge in [-0.3, -0.25) is 0 Å². The first-order chi connectivity index (χ1) is 8.88. The maximum absolute atomic E-state index is 8.93. The molecule has 0 spiro atoms. The number of hydrogen-bond donors (Lipinski definition) is 1. The molecule has 3 aromatic rings. The second-order valence-electron chi connectivity index (χ2n) is 3.98. The number of nitrogens with zero attached hydrogens (tertiary/aromatic N) is 2. The van der Waals surface area contributed by atoms with Crippen LogP contribution in [-0.4, -0.2) is 21.7 Å². The summed E-state index contributed by atoms with van der Waals surface area (Å²) in [6, 6.07) is 10.2. The molecular formula is C14H12N2OS. The van der Waals surface area contributed by atoms with Crippen molar-refractivity contribution >= 4 is 21.4 Å². The first-order valence-electron chi connectivity index (χ1n) is 5.78. The highest BCUT2D eigenvalue weighted by atomic mass is 32.1. The van der Waals surface area contributed by atoms with Crippen molar-refractivity contribution in [1.29, 1.82) is 0 Å². The average Bonchev–Trinajstić information content (AvgIpc) is 2.83. The Kier molecular flexibility index (Phi) is 3.04. The first-order valence-corrected chi connectivity index (χ1v) is 6.66. The predicted octanol–water partition coefficient (Wildman–Crippen LogP) is 2.89. The van der Waals surface area contributed by atoms with Gasteiger partial charge < -0.3 is 5.11 Å². The molecule has 2 heterocycles. The molecule has 2 aromatic heterocycles. The van der Waals surface area contributed by atoms with Crippen molar-refractivity contribution in [2.75, 3.05) is 6.61 Å². The summed E-state index contributed by atoms with van der Waals surface area (Å²) >= 11 is 1.72. The molecule has 1 aromatic carbocycles. The topological polar surface area (TPSA) is 46.0 Å². The first kappa shape index (κ1) is 11.3. The Hall–Kier alpha value is -1.78. The van der Waals surface area contributed by atoms with E-state index >= 15 is 0 Å². The van der Waals surface area contributed by atoms with Crippen LogP contribution in [0.1, 0.15) is 5.82 Å². The molecule has 0 aliphatic carbocycles. The van der Waals surface area contributed by atoms with Crippen LogP contribution in [0.2, 0.25) is 0 Å². The van der Waals surface area contributed by atoms with Gasteiger partial charge in [0.2, 0.25) is 0 Å². The number of aliphatic hydroxyl groups is 1. The minimum absolute atomic E-state index is 0.0772. The number of hydrogen-bond acceptors (Lipinski definition) is 4. The predicted molar refractivity (Wildman–Crippen MR) is 73.6 cm³/mol. The third kappa shape index (κ3) is 2.00. The van der Waals surface area contributed by atoms with E-state index in [-0.39, 0.29) is 6.61 Å². The largest absolute Gasteiger partial charge is 0.396 e. The van der Waals surface area contributed by atoms with Crippen molar-refractivity contribution in [2.45, 2.75) is 6.42 Å². The summed E-state index contributed by atoms with van der Waals surface area (Å²) < 4.78 is 1.26. The van der Waals surface area contributed by atoms with Gasteiger partial charge in [0.15, 0.2) is 0 Å². The molecule has 0 aliphatic heterocycles. The summed E-state index contributed by atoms with van der Waals surface area (Å²) in [4.78, 5) is 8.64. The van der Waals surface area contributed by atoms with Crippen molar-refractivity contribution < 1.29 is 5.11 Å².